The molecule has 1 amide bonds. The first kappa shape index (κ1) is 11.9. The van der Waals surface area contributed by atoms with Crippen molar-refractivity contribution in [2.24, 2.45) is 5.92 Å². The summed E-state index contributed by atoms with van der Waals surface area (Å²) in [6.07, 6.45) is 0.0134. The molecule has 0 spiro atoms. The summed E-state index contributed by atoms with van der Waals surface area (Å²) >= 11 is 5.95. The third-order valence-corrected chi connectivity index (χ3v) is 3.01. The monoisotopic (exact) mass is 254 g/mol. The molecule has 6 heteroatoms. The van der Waals surface area contributed by atoms with Crippen LogP contribution in [0.15, 0.2) is 12.1 Å². The van der Waals surface area contributed by atoms with E-state index in [4.69, 9.17) is 16.7 Å². The second-order valence-corrected chi connectivity index (χ2v) is 4.36. The maximum absolute atomic E-state index is 11.7. The number of nitrogens with zero attached hydrogens (tertiary/aromatic N) is 2. The lowest BCUT2D eigenvalue weighted by atomic mass is 10.1. The van der Waals surface area contributed by atoms with Gasteiger partial charge in [-0.15, -0.1) is 0 Å². The van der Waals surface area contributed by atoms with Gasteiger partial charge in [0.15, 0.2) is 5.15 Å². The number of hydrogen-bond donors (Lipinski definition) is 1. The summed E-state index contributed by atoms with van der Waals surface area (Å²) in [4.78, 5) is 28.0. The van der Waals surface area contributed by atoms with Gasteiger partial charge in [0.05, 0.1) is 11.6 Å². The number of aliphatic carboxylic acids is 1. The standard InChI is InChI=1S/C11H11ClN2O3/c1-6-2-3-8(10(12)13-6)14-5-7(11(16)17)4-9(14)15/h2-3,7H,4-5H2,1H3,(H,16,17). The van der Waals surface area contributed by atoms with Crippen LogP contribution in [0.4, 0.5) is 5.69 Å². The van der Waals surface area contributed by atoms with Crippen molar-refractivity contribution in [1.82, 2.24) is 4.98 Å². The quantitative estimate of drug-likeness (QED) is 0.812. The summed E-state index contributed by atoms with van der Waals surface area (Å²) in [5.74, 6) is -1.86. The van der Waals surface area contributed by atoms with Crippen molar-refractivity contribution in [3.63, 3.8) is 0 Å². The summed E-state index contributed by atoms with van der Waals surface area (Å²) in [7, 11) is 0. The number of anilines is 1. The van der Waals surface area contributed by atoms with Crippen LogP contribution in [0.2, 0.25) is 5.15 Å². The number of hydrogen-bond acceptors (Lipinski definition) is 3. The smallest absolute Gasteiger partial charge is 0.308 e. The average Bonchev–Trinajstić information content (AvgIpc) is 2.61. The molecule has 0 radical (unpaired) electrons. The Hall–Kier alpha value is -1.62. The number of halogens is 1. The van der Waals surface area contributed by atoms with Gasteiger partial charge in [0.1, 0.15) is 0 Å². The first-order valence-electron chi connectivity index (χ1n) is 5.15. The van der Waals surface area contributed by atoms with Gasteiger partial charge in [0.25, 0.3) is 0 Å². The molecule has 1 unspecified atom stereocenters. The molecule has 0 saturated carbocycles. The van der Waals surface area contributed by atoms with E-state index in [9.17, 15) is 9.59 Å². The fraction of sp³-hybridized carbons (Fsp3) is 0.364. The van der Waals surface area contributed by atoms with E-state index in [-0.39, 0.29) is 24.0 Å². The van der Waals surface area contributed by atoms with Gasteiger partial charge >= 0.3 is 5.97 Å². The van der Waals surface area contributed by atoms with Crippen LogP contribution < -0.4 is 4.90 Å². The lowest BCUT2D eigenvalue weighted by Gasteiger charge is -2.17. The minimum atomic E-state index is -0.961. The Balaban J connectivity index is 2.29. The Morgan fingerprint density at radius 3 is 2.82 bits per heavy atom. The van der Waals surface area contributed by atoms with Gasteiger partial charge < -0.3 is 10.0 Å². The molecule has 1 aliphatic heterocycles. The molecule has 1 aromatic heterocycles. The van der Waals surface area contributed by atoms with Crippen molar-refractivity contribution in [1.29, 1.82) is 0 Å². The maximum Gasteiger partial charge on any atom is 0.308 e. The highest BCUT2D eigenvalue weighted by atomic mass is 35.5. The van der Waals surface area contributed by atoms with Crippen LogP contribution in [0.1, 0.15) is 12.1 Å². The number of aryl methyl sites for hydroxylation is 1. The molecule has 0 aromatic carbocycles. The molecule has 2 heterocycles. The lowest BCUT2D eigenvalue weighted by molar-refractivity contribution is -0.141. The number of carbonyl (C=O) groups excluding carboxylic acids is 1. The molecule has 1 fully saturated rings. The minimum Gasteiger partial charge on any atom is -0.481 e. The van der Waals surface area contributed by atoms with E-state index in [2.05, 4.69) is 4.98 Å². The molecule has 1 aromatic rings. The summed E-state index contributed by atoms with van der Waals surface area (Å²) in [6, 6.07) is 3.43. The van der Waals surface area contributed by atoms with E-state index >= 15 is 0 Å². The molecule has 1 aliphatic rings. The van der Waals surface area contributed by atoms with Crippen LogP contribution >= 0.6 is 11.6 Å². The molecule has 5 nitrogen and oxygen atoms in total. The van der Waals surface area contributed by atoms with Gasteiger partial charge in [-0.2, -0.15) is 0 Å². The second-order valence-electron chi connectivity index (χ2n) is 4.01. The van der Waals surface area contributed by atoms with Crippen LogP contribution in [0.3, 0.4) is 0 Å². The van der Waals surface area contributed by atoms with E-state index in [0.717, 1.165) is 5.69 Å². The highest BCUT2D eigenvalue weighted by Crippen LogP contribution is 2.30. The van der Waals surface area contributed by atoms with Gasteiger partial charge in [-0.3, -0.25) is 9.59 Å². The van der Waals surface area contributed by atoms with Crippen molar-refractivity contribution < 1.29 is 14.7 Å². The Labute approximate surface area is 103 Å². The van der Waals surface area contributed by atoms with Gasteiger partial charge in [0.2, 0.25) is 5.91 Å². The molecule has 2 rings (SSSR count). The maximum atomic E-state index is 11.7. The van der Waals surface area contributed by atoms with Gasteiger partial charge in [-0.05, 0) is 19.1 Å². The van der Waals surface area contributed by atoms with Crippen LogP contribution in [0, 0.1) is 12.8 Å². The molecule has 1 saturated heterocycles. The fourth-order valence-corrected chi connectivity index (χ4v) is 2.12. The molecular formula is C11H11ClN2O3. The number of rotatable bonds is 2. The van der Waals surface area contributed by atoms with Gasteiger partial charge in [-0.1, -0.05) is 11.6 Å². The van der Waals surface area contributed by atoms with Crippen molar-refractivity contribution in [2.45, 2.75) is 13.3 Å². The number of carbonyl (C=O) groups is 2. The first-order valence-corrected chi connectivity index (χ1v) is 5.53. The van der Waals surface area contributed by atoms with Gasteiger partial charge in [0, 0.05) is 18.7 Å². The molecular weight excluding hydrogens is 244 g/mol. The zero-order chi connectivity index (χ0) is 12.6. The summed E-state index contributed by atoms with van der Waals surface area (Å²) < 4.78 is 0. The van der Waals surface area contributed by atoms with Crippen LogP contribution in [0.5, 0.6) is 0 Å². The lowest BCUT2D eigenvalue weighted by Crippen LogP contribution is -2.26. The SMILES string of the molecule is Cc1ccc(N2CC(C(=O)O)CC2=O)c(Cl)n1. The van der Waals surface area contributed by atoms with E-state index < -0.39 is 11.9 Å². The highest BCUT2D eigenvalue weighted by molar-refractivity contribution is 6.32. The van der Waals surface area contributed by atoms with Gasteiger partial charge in [-0.25, -0.2) is 4.98 Å². The van der Waals surface area contributed by atoms with E-state index in [1.54, 1.807) is 19.1 Å². The average molecular weight is 255 g/mol. The van der Waals surface area contributed by atoms with Crippen LogP contribution in [-0.4, -0.2) is 28.5 Å². The normalized spacial score (nSPS) is 19.8. The largest absolute Gasteiger partial charge is 0.481 e. The molecule has 17 heavy (non-hydrogen) atoms. The van der Waals surface area contributed by atoms with Crippen molar-refractivity contribution in [3.8, 4) is 0 Å². The Bertz CT molecular complexity index is 490. The molecule has 90 valence electrons. The molecule has 0 bridgehead atoms. The number of aromatic nitrogens is 1. The number of pyridine rings is 1. The molecule has 1 N–H and O–H groups in total. The van der Waals surface area contributed by atoms with Crippen molar-refractivity contribution in [3.05, 3.63) is 23.0 Å². The third-order valence-electron chi connectivity index (χ3n) is 2.73. The predicted molar refractivity (Wildman–Crippen MR) is 62.1 cm³/mol. The highest BCUT2D eigenvalue weighted by Gasteiger charge is 2.36. The Kier molecular flexibility index (Phi) is 3.02. The topological polar surface area (TPSA) is 70.5 Å². The molecule has 0 aliphatic carbocycles. The first-order chi connectivity index (χ1) is 7.99. The zero-order valence-corrected chi connectivity index (χ0v) is 9.94. The molecule has 1 atom stereocenters. The third kappa shape index (κ3) is 2.24. The number of carboxylic acid groups (broad SMARTS) is 1. The minimum absolute atomic E-state index is 0.0134. The second kappa shape index (κ2) is 4.33. The summed E-state index contributed by atoms with van der Waals surface area (Å²) in [6.45, 7) is 1.94. The Morgan fingerprint density at radius 2 is 2.29 bits per heavy atom. The zero-order valence-electron chi connectivity index (χ0n) is 9.18. The van der Waals surface area contributed by atoms with E-state index in [1.165, 1.54) is 4.90 Å². The Morgan fingerprint density at radius 1 is 1.59 bits per heavy atom. The summed E-state index contributed by atoms with van der Waals surface area (Å²) in [5.41, 5.74) is 1.23. The number of carboxylic acids is 1. The predicted octanol–water partition coefficient (Wildman–Crippen LogP) is 1.48. The summed E-state index contributed by atoms with van der Waals surface area (Å²) in [5, 5.41) is 9.11. The van der Waals surface area contributed by atoms with Crippen molar-refractivity contribution in [2.75, 3.05) is 11.4 Å². The van der Waals surface area contributed by atoms with Crippen LogP contribution in [0.25, 0.3) is 0 Å². The number of amides is 1. The fourth-order valence-electron chi connectivity index (χ4n) is 1.82. The van der Waals surface area contributed by atoms with Crippen LogP contribution in [-0.2, 0) is 9.59 Å². The van der Waals surface area contributed by atoms with E-state index in [0.29, 0.717) is 5.69 Å². The van der Waals surface area contributed by atoms with E-state index in [1.807, 2.05) is 0 Å². The van der Waals surface area contributed by atoms with Crippen molar-refractivity contribution >= 4 is 29.2 Å².